The molecule has 0 radical (unpaired) electrons. The maximum Gasteiger partial charge on any atom is 1.00 e. The molecule has 1 aromatic heterocycles. The average molecular weight is 934 g/mol. The van der Waals surface area contributed by atoms with Crippen LogP contribution in [0.4, 0.5) is 4.79 Å². The van der Waals surface area contributed by atoms with Gasteiger partial charge in [-0.15, -0.1) is 17.0 Å². The number of H-pyrrole nitrogens is 1. The number of aromatic nitrogens is 3. The largest absolute Gasteiger partial charge is 1.00 e. The van der Waals surface area contributed by atoms with E-state index in [4.69, 9.17) is 4.74 Å². The summed E-state index contributed by atoms with van der Waals surface area (Å²) in [7, 11) is -0.877. The molecule has 0 aliphatic carbocycles. The Hall–Kier alpha value is -4.78. The standard InChI is InChI=1S/C20H21N6O6S.C18H15P.Au/c1-20(2)14(18(29)30)26-16(28)13(17(26)33-20)22-15(27)12(10-6-4-3-5-7-10)23-19(31)32-9-11-8-21-25-24-11;1-4-10-16(11-5-1)19(17-12-6-2-7-13-17)18-14-8-3-9-15-18;/h3-7,12-14,17H,9H2,1-2H3,(H,22,27)(H,23,31)(H,29,30)(H,21,24,25);1-15H;/q-1;;+1/p+1/t12-,13-,14+,17?;;/m1../s1. The van der Waals surface area contributed by atoms with Gasteiger partial charge in [-0.25, -0.2) is 9.59 Å². The van der Waals surface area contributed by atoms with Crippen molar-refractivity contribution in [2.45, 2.75) is 48.7 Å². The van der Waals surface area contributed by atoms with Crippen LogP contribution in [-0.2, 0) is 48.1 Å². The van der Waals surface area contributed by atoms with Crippen molar-refractivity contribution in [2.75, 3.05) is 0 Å². The Balaban J connectivity index is 0.000000230. The molecule has 0 saturated carbocycles. The predicted octanol–water partition coefficient (Wildman–Crippen LogP) is 3.38. The van der Waals surface area contributed by atoms with Crippen molar-refractivity contribution in [3.63, 3.8) is 0 Å². The molecular weight excluding hydrogens is 896 g/mol. The van der Waals surface area contributed by atoms with Crippen molar-refractivity contribution in [1.82, 2.24) is 30.9 Å². The molecule has 3 amide bonds. The van der Waals surface area contributed by atoms with E-state index in [0.29, 0.717) is 11.3 Å². The van der Waals surface area contributed by atoms with E-state index in [1.165, 1.54) is 32.6 Å². The van der Waals surface area contributed by atoms with Crippen molar-refractivity contribution >= 4 is 59.5 Å². The second-order valence-electron chi connectivity index (χ2n) is 12.5. The summed E-state index contributed by atoms with van der Waals surface area (Å²) >= 11 is 1.31. The smallest absolute Gasteiger partial charge is 0.480 e. The molecule has 5 aromatic rings. The summed E-state index contributed by atoms with van der Waals surface area (Å²) in [5.41, 5.74) is 0.827. The third kappa shape index (κ3) is 9.24. The Bertz CT molecular complexity index is 1890. The quantitative estimate of drug-likeness (QED) is 0.0712. The predicted molar refractivity (Wildman–Crippen MR) is 200 cm³/mol. The number of aromatic amines is 1. The normalized spacial score (nSPS) is 18.6. The van der Waals surface area contributed by atoms with Gasteiger partial charge in [-0.2, -0.15) is 0 Å². The Morgan fingerprint density at radius 1 is 0.906 bits per heavy atom. The van der Waals surface area contributed by atoms with Crippen LogP contribution in [0.1, 0.15) is 31.1 Å². The van der Waals surface area contributed by atoms with Gasteiger partial charge in [0.1, 0.15) is 46.0 Å². The number of carboxylic acid groups (broad SMARTS) is 1. The number of amides is 3. The molecule has 53 heavy (non-hydrogen) atoms. The maximum atomic E-state index is 13.1. The monoisotopic (exact) mass is 933 g/mol. The first-order chi connectivity index (χ1) is 25.1. The summed E-state index contributed by atoms with van der Waals surface area (Å²) in [4.78, 5) is 51.1. The third-order valence-corrected chi connectivity index (χ3v) is 12.9. The number of nitrogens with one attached hydrogen (secondary N) is 3. The van der Waals surface area contributed by atoms with Gasteiger partial charge in [0.05, 0.1) is 7.92 Å². The molecule has 4 aromatic carbocycles. The first-order valence-corrected chi connectivity index (χ1v) is 18.8. The van der Waals surface area contributed by atoms with Crippen molar-refractivity contribution in [3.05, 3.63) is 139 Å². The van der Waals surface area contributed by atoms with E-state index >= 15 is 0 Å². The number of carbonyl (C=O) groups is 4. The van der Waals surface area contributed by atoms with Crippen LogP contribution < -0.4 is 26.5 Å². The average Bonchev–Trinajstić information content (AvgIpc) is 3.78. The second-order valence-corrected chi connectivity index (χ2v) is 16.8. The van der Waals surface area contributed by atoms with Gasteiger partial charge in [0.2, 0.25) is 11.8 Å². The van der Waals surface area contributed by atoms with E-state index in [9.17, 15) is 24.3 Å². The zero-order valence-electron chi connectivity index (χ0n) is 28.6. The van der Waals surface area contributed by atoms with E-state index in [1.54, 1.807) is 44.2 Å². The van der Waals surface area contributed by atoms with E-state index in [2.05, 4.69) is 123 Å². The van der Waals surface area contributed by atoms with Gasteiger partial charge in [-0.3, -0.25) is 14.7 Å². The van der Waals surface area contributed by atoms with Crippen LogP contribution in [0.5, 0.6) is 0 Å². The molecule has 2 aliphatic heterocycles. The number of β-lactam (4-membered cyclic amide) rings is 1. The summed E-state index contributed by atoms with van der Waals surface area (Å²) in [5.74, 6) is -2.19. The molecule has 7 rings (SSSR count). The van der Waals surface area contributed by atoms with Gasteiger partial charge in [0.25, 0.3) is 0 Å². The Labute approximate surface area is 327 Å². The molecular formula is C38H37AuN6O6PS+. The summed E-state index contributed by atoms with van der Waals surface area (Å²) in [6.45, 7) is 3.32. The fourth-order valence-electron chi connectivity index (χ4n) is 6.20. The first-order valence-electron chi connectivity index (χ1n) is 16.5. The number of benzene rings is 4. The fraction of sp³-hybridized carbons (Fsp3) is 0.211. The number of aliphatic carboxylic acids is 1. The van der Waals surface area contributed by atoms with Crippen LogP contribution in [-0.4, -0.2) is 71.5 Å². The van der Waals surface area contributed by atoms with Crippen molar-refractivity contribution in [1.29, 1.82) is 0 Å². The zero-order valence-corrected chi connectivity index (χ0v) is 32.6. The van der Waals surface area contributed by atoms with Gasteiger partial charge < -0.3 is 36.7 Å². The molecule has 1 unspecified atom stereocenters. The topological polar surface area (TPSA) is 167 Å². The molecule has 0 bridgehead atoms. The first kappa shape index (κ1) is 39.4. The zero-order chi connectivity index (χ0) is 36.7. The van der Waals surface area contributed by atoms with Crippen LogP contribution >= 0.6 is 19.7 Å². The van der Waals surface area contributed by atoms with E-state index in [-0.39, 0.29) is 29.0 Å². The van der Waals surface area contributed by atoms with E-state index in [1.807, 2.05) is 0 Å². The minimum Gasteiger partial charge on any atom is -0.480 e. The number of carbonyl (C=O) groups excluding carboxylic acids is 3. The molecule has 2 fully saturated rings. The molecule has 2 aliphatic rings. The number of nitrogens with zero attached hydrogens (tertiary/aromatic N) is 3. The number of ether oxygens (including phenoxy) is 1. The van der Waals surface area contributed by atoms with Crippen LogP contribution in [0.2, 0.25) is 0 Å². The minimum atomic E-state index is -1.14. The number of rotatable bonds is 10. The maximum absolute atomic E-state index is 13.1. The van der Waals surface area contributed by atoms with Gasteiger partial charge in [0.15, 0.2) is 0 Å². The summed E-state index contributed by atoms with van der Waals surface area (Å²) in [6, 6.07) is 37.9. The SMILES string of the molecule is CC1(C)SC2[C@H](NC(=O)[C@H](NC(=O)OCc3[c-]nn[nH]3)c3ccccc3)C(=O)N2[C@H]1C(=O)O.[Au+].c1ccc([PH+](c2ccccc2)c2ccccc2)cc1. The summed E-state index contributed by atoms with van der Waals surface area (Å²) in [5, 5.41) is 27.9. The fourth-order valence-corrected chi connectivity index (χ4v) is 10.4. The van der Waals surface area contributed by atoms with Crippen LogP contribution in [0.3, 0.4) is 0 Å². The van der Waals surface area contributed by atoms with E-state index in [0.717, 1.165) is 0 Å². The molecule has 0 spiro atoms. The van der Waals surface area contributed by atoms with Crippen LogP contribution in [0.15, 0.2) is 121 Å². The van der Waals surface area contributed by atoms with Gasteiger partial charge >= 0.3 is 34.4 Å². The second kappa shape index (κ2) is 17.8. The van der Waals surface area contributed by atoms with Crippen molar-refractivity contribution in [3.8, 4) is 0 Å². The molecule has 12 nitrogen and oxygen atoms in total. The Morgan fingerprint density at radius 2 is 1.42 bits per heavy atom. The molecule has 4 N–H and O–H groups in total. The Morgan fingerprint density at radius 3 is 1.89 bits per heavy atom. The molecule has 2 saturated heterocycles. The van der Waals surface area contributed by atoms with Crippen LogP contribution in [0, 0.1) is 6.20 Å². The van der Waals surface area contributed by atoms with Gasteiger partial charge in [-0.1, -0.05) is 90.6 Å². The molecule has 276 valence electrons. The van der Waals surface area contributed by atoms with Gasteiger partial charge in [0, 0.05) is 4.75 Å². The van der Waals surface area contributed by atoms with Crippen molar-refractivity contribution in [2.24, 2.45) is 0 Å². The number of thioether (sulfide) groups is 1. The summed E-state index contributed by atoms with van der Waals surface area (Å²) in [6.07, 6.45) is 1.63. The molecule has 3 heterocycles. The van der Waals surface area contributed by atoms with Crippen molar-refractivity contribution < 1.29 is 51.4 Å². The van der Waals surface area contributed by atoms with Gasteiger partial charge in [-0.05, 0) is 55.8 Å². The molecule has 15 heteroatoms. The van der Waals surface area contributed by atoms with Crippen LogP contribution in [0.25, 0.3) is 0 Å². The Kier molecular flexibility index (Phi) is 13.3. The summed E-state index contributed by atoms with van der Waals surface area (Å²) < 4.78 is 4.36. The minimum absolute atomic E-state index is 0. The number of hydrogen-bond acceptors (Lipinski definition) is 8. The van der Waals surface area contributed by atoms with E-state index < -0.39 is 60.0 Å². The number of carboxylic acids is 1. The number of fused-ring (bicyclic) bond motifs is 1. The third-order valence-electron chi connectivity index (χ3n) is 8.58. The number of hydrogen-bond donors (Lipinski definition) is 4. The molecule has 4 atom stereocenters. The number of alkyl carbamates (subject to hydrolysis) is 1.